The minimum atomic E-state index is -5.90. The van der Waals surface area contributed by atoms with E-state index in [9.17, 15) is 31.4 Å². The van der Waals surface area contributed by atoms with Crippen molar-refractivity contribution < 1.29 is 40.9 Å². The monoisotopic (exact) mass is 508 g/mol. The Labute approximate surface area is 203 Å². The highest BCUT2D eigenvalue weighted by Gasteiger charge is 2.73. The SMILES string of the molecule is COCOC(c1cc(C=Cc2ccccc2)c(O)c(C=Cc2ccccc2)c1)(C(F)(F)F)C(F)(F)F. The molecule has 3 aromatic rings. The van der Waals surface area contributed by atoms with E-state index < -0.39 is 36.1 Å². The summed E-state index contributed by atoms with van der Waals surface area (Å²) in [6.07, 6.45) is -6.41. The molecule has 0 atom stereocenters. The molecule has 0 heterocycles. The Kier molecular flexibility index (Phi) is 8.27. The predicted octanol–water partition coefficient (Wildman–Crippen LogP) is 7.67. The average molecular weight is 508 g/mol. The summed E-state index contributed by atoms with van der Waals surface area (Å²) in [6.45, 7) is -1.27. The van der Waals surface area contributed by atoms with E-state index in [1.54, 1.807) is 60.7 Å². The summed E-state index contributed by atoms with van der Waals surface area (Å²) in [5.41, 5.74) is -5.23. The second-order valence-corrected chi connectivity index (χ2v) is 7.72. The number of phenolic OH excluding ortho intramolecular Hbond substituents is 1. The fourth-order valence-corrected chi connectivity index (χ4v) is 3.52. The van der Waals surface area contributed by atoms with E-state index in [0.29, 0.717) is 23.3 Å². The number of hydrogen-bond donors (Lipinski definition) is 1. The van der Waals surface area contributed by atoms with Gasteiger partial charge >= 0.3 is 12.4 Å². The second kappa shape index (κ2) is 11.0. The van der Waals surface area contributed by atoms with Crippen molar-refractivity contribution in [2.24, 2.45) is 0 Å². The number of methoxy groups -OCH3 is 1. The number of ether oxygens (including phenoxy) is 2. The van der Waals surface area contributed by atoms with Crippen LogP contribution in [0.3, 0.4) is 0 Å². The summed E-state index contributed by atoms with van der Waals surface area (Å²) in [6, 6.07) is 18.3. The number of benzene rings is 3. The van der Waals surface area contributed by atoms with Gasteiger partial charge in [0.25, 0.3) is 5.60 Å². The molecule has 0 aromatic heterocycles. The van der Waals surface area contributed by atoms with E-state index in [1.807, 2.05) is 0 Å². The third-order valence-corrected chi connectivity index (χ3v) is 5.28. The van der Waals surface area contributed by atoms with Crippen LogP contribution in [0.15, 0.2) is 72.8 Å². The molecule has 9 heteroatoms. The Bertz CT molecular complexity index is 1120. The van der Waals surface area contributed by atoms with Crippen LogP contribution in [0.25, 0.3) is 24.3 Å². The lowest BCUT2D eigenvalue weighted by Gasteiger charge is -2.37. The van der Waals surface area contributed by atoms with E-state index >= 15 is 0 Å². The predicted molar refractivity (Wildman–Crippen MR) is 126 cm³/mol. The van der Waals surface area contributed by atoms with Gasteiger partial charge in [0.2, 0.25) is 0 Å². The number of rotatable bonds is 8. The van der Waals surface area contributed by atoms with Gasteiger partial charge in [-0.05, 0) is 23.3 Å². The number of aromatic hydroxyl groups is 1. The lowest BCUT2D eigenvalue weighted by atomic mass is 9.88. The van der Waals surface area contributed by atoms with Crippen molar-refractivity contribution in [1.82, 2.24) is 0 Å². The Hall–Kier alpha value is -3.56. The molecule has 190 valence electrons. The first-order valence-corrected chi connectivity index (χ1v) is 10.6. The zero-order chi connectivity index (χ0) is 26.4. The summed E-state index contributed by atoms with van der Waals surface area (Å²) in [7, 11) is 0.913. The van der Waals surface area contributed by atoms with Crippen LogP contribution in [0, 0.1) is 0 Å². The van der Waals surface area contributed by atoms with Crippen LogP contribution in [0.5, 0.6) is 5.75 Å². The summed E-state index contributed by atoms with van der Waals surface area (Å²) >= 11 is 0. The second-order valence-electron chi connectivity index (χ2n) is 7.72. The molecule has 0 aliphatic heterocycles. The fourth-order valence-electron chi connectivity index (χ4n) is 3.52. The first-order valence-electron chi connectivity index (χ1n) is 10.6. The molecule has 0 saturated carbocycles. The Balaban J connectivity index is 2.27. The molecule has 0 aliphatic carbocycles. The van der Waals surface area contributed by atoms with Gasteiger partial charge in [-0.15, -0.1) is 0 Å². The van der Waals surface area contributed by atoms with Crippen LogP contribution < -0.4 is 0 Å². The Morgan fingerprint density at radius 1 is 0.694 bits per heavy atom. The van der Waals surface area contributed by atoms with Gasteiger partial charge in [0, 0.05) is 23.8 Å². The van der Waals surface area contributed by atoms with Gasteiger partial charge in [0.15, 0.2) is 0 Å². The quantitative estimate of drug-likeness (QED) is 0.193. The molecule has 0 bridgehead atoms. The van der Waals surface area contributed by atoms with Crippen molar-refractivity contribution in [3.05, 3.63) is 101 Å². The molecule has 0 fully saturated rings. The van der Waals surface area contributed by atoms with Crippen LogP contribution in [-0.2, 0) is 15.1 Å². The number of phenols is 1. The van der Waals surface area contributed by atoms with Gasteiger partial charge in [-0.3, -0.25) is 0 Å². The molecule has 36 heavy (non-hydrogen) atoms. The molecular formula is C27H22F6O3. The van der Waals surface area contributed by atoms with Gasteiger partial charge in [-0.2, -0.15) is 26.3 Å². The minimum Gasteiger partial charge on any atom is -0.507 e. The highest BCUT2D eigenvalue weighted by molar-refractivity contribution is 5.80. The molecule has 0 spiro atoms. The first kappa shape index (κ1) is 27.0. The van der Waals surface area contributed by atoms with E-state index in [1.165, 1.54) is 24.3 Å². The molecular weight excluding hydrogens is 486 g/mol. The van der Waals surface area contributed by atoms with Crippen molar-refractivity contribution in [3.8, 4) is 5.75 Å². The van der Waals surface area contributed by atoms with Gasteiger partial charge in [0.1, 0.15) is 12.5 Å². The van der Waals surface area contributed by atoms with Crippen molar-refractivity contribution in [1.29, 1.82) is 0 Å². The lowest BCUT2D eigenvalue weighted by molar-refractivity contribution is -0.400. The largest absolute Gasteiger partial charge is 0.507 e. The molecule has 0 saturated heterocycles. The smallest absolute Gasteiger partial charge is 0.430 e. The topological polar surface area (TPSA) is 38.7 Å². The van der Waals surface area contributed by atoms with E-state index in [-0.39, 0.29) is 11.1 Å². The highest BCUT2D eigenvalue weighted by atomic mass is 19.4. The van der Waals surface area contributed by atoms with Crippen molar-refractivity contribution >= 4 is 24.3 Å². The Morgan fingerprint density at radius 2 is 1.11 bits per heavy atom. The van der Waals surface area contributed by atoms with Crippen molar-refractivity contribution in [2.75, 3.05) is 13.9 Å². The molecule has 0 radical (unpaired) electrons. The van der Waals surface area contributed by atoms with Crippen molar-refractivity contribution in [3.63, 3.8) is 0 Å². The normalized spacial score (nSPS) is 13.1. The molecule has 3 nitrogen and oxygen atoms in total. The molecule has 0 unspecified atom stereocenters. The number of hydrogen-bond acceptors (Lipinski definition) is 3. The first-order chi connectivity index (χ1) is 17.0. The molecule has 0 amide bonds. The maximum absolute atomic E-state index is 14.1. The van der Waals surface area contributed by atoms with Crippen LogP contribution >= 0.6 is 0 Å². The summed E-state index contributed by atoms with van der Waals surface area (Å²) in [4.78, 5) is 0. The van der Waals surface area contributed by atoms with Crippen LogP contribution in [-0.4, -0.2) is 31.4 Å². The van der Waals surface area contributed by atoms with E-state index in [2.05, 4.69) is 9.47 Å². The van der Waals surface area contributed by atoms with Gasteiger partial charge < -0.3 is 14.6 Å². The standard InChI is InChI=1S/C27H22F6O3/c1-35-18-36-25(26(28,29)30,27(31,32)33)23-16-21(14-12-19-8-4-2-5-9-19)24(34)22(17-23)15-13-20-10-6-3-7-11-20/h2-17,34H,18H2,1H3. The van der Waals surface area contributed by atoms with Gasteiger partial charge in [-0.25, -0.2) is 0 Å². The van der Waals surface area contributed by atoms with Gasteiger partial charge in [-0.1, -0.05) is 85.0 Å². The molecule has 0 aliphatic rings. The van der Waals surface area contributed by atoms with Crippen LogP contribution in [0.4, 0.5) is 26.3 Å². The zero-order valence-electron chi connectivity index (χ0n) is 19.0. The van der Waals surface area contributed by atoms with Crippen molar-refractivity contribution in [2.45, 2.75) is 18.0 Å². The zero-order valence-corrected chi connectivity index (χ0v) is 19.0. The number of halogens is 6. The minimum absolute atomic E-state index is 0.261. The third-order valence-electron chi connectivity index (χ3n) is 5.28. The van der Waals surface area contributed by atoms with Crippen LogP contribution in [0.2, 0.25) is 0 Å². The maximum Gasteiger partial charge on any atom is 0.430 e. The lowest BCUT2D eigenvalue weighted by Crippen LogP contribution is -2.56. The summed E-state index contributed by atoms with van der Waals surface area (Å²) in [5, 5.41) is 10.8. The van der Waals surface area contributed by atoms with E-state index in [4.69, 9.17) is 0 Å². The molecule has 3 rings (SSSR count). The molecule has 1 N–H and O–H groups in total. The maximum atomic E-state index is 14.1. The van der Waals surface area contributed by atoms with Crippen LogP contribution in [0.1, 0.15) is 27.8 Å². The summed E-state index contributed by atoms with van der Waals surface area (Å²) < 4.78 is 93.7. The fraction of sp³-hybridized carbons (Fsp3) is 0.185. The molecule has 3 aromatic carbocycles. The highest BCUT2D eigenvalue weighted by Crippen LogP contribution is 2.54. The van der Waals surface area contributed by atoms with Gasteiger partial charge in [0.05, 0.1) is 0 Å². The third kappa shape index (κ3) is 5.80. The van der Waals surface area contributed by atoms with E-state index in [0.717, 1.165) is 7.11 Å². The average Bonchev–Trinajstić information content (AvgIpc) is 2.83. The summed E-state index contributed by atoms with van der Waals surface area (Å²) in [5.74, 6) is -0.497. The number of alkyl halides is 6. The Morgan fingerprint density at radius 3 is 1.47 bits per heavy atom.